The number of rotatable bonds is 3. The third-order valence-corrected chi connectivity index (χ3v) is 4.06. The Balaban J connectivity index is 1.61. The van der Waals surface area contributed by atoms with Gasteiger partial charge in [-0.15, -0.1) is 0 Å². The van der Waals surface area contributed by atoms with Gasteiger partial charge in [-0.25, -0.2) is 0 Å². The van der Waals surface area contributed by atoms with E-state index in [-0.39, 0.29) is 11.9 Å². The van der Waals surface area contributed by atoms with Gasteiger partial charge in [0.25, 0.3) is 0 Å². The monoisotopic (exact) mass is 297 g/mol. The first-order chi connectivity index (χ1) is 10.2. The van der Waals surface area contributed by atoms with Gasteiger partial charge < -0.3 is 9.72 Å². The number of epoxide rings is 1. The van der Waals surface area contributed by atoms with Gasteiger partial charge in [0, 0.05) is 27.7 Å². The fourth-order valence-corrected chi connectivity index (χ4v) is 2.77. The van der Waals surface area contributed by atoms with Crippen LogP contribution >= 0.6 is 11.6 Å². The summed E-state index contributed by atoms with van der Waals surface area (Å²) < 4.78 is 5.57. The maximum absolute atomic E-state index is 12.6. The number of ether oxygens (including phenoxy) is 1. The zero-order chi connectivity index (χ0) is 14.4. The average Bonchev–Trinajstić information content (AvgIpc) is 3.19. The summed E-state index contributed by atoms with van der Waals surface area (Å²) in [5.74, 6) is 0.0207. The summed E-state index contributed by atoms with van der Waals surface area (Å²) in [6.45, 7) is 0. The molecule has 1 N–H and O–H groups in total. The standard InChI is InChI=1S/C17H12ClNO2/c18-11-7-5-10(6-8-11)16-17(21-16)15(20)13-9-19-14-4-2-1-3-12(13)14/h1-9,16-17,19H/t16-,17+/m1/s1. The number of para-hydroxylation sites is 1. The lowest BCUT2D eigenvalue weighted by Crippen LogP contribution is -2.07. The average molecular weight is 298 g/mol. The number of H-pyrrole nitrogens is 1. The maximum atomic E-state index is 12.6. The van der Waals surface area contributed by atoms with Crippen molar-refractivity contribution in [2.24, 2.45) is 0 Å². The van der Waals surface area contributed by atoms with Crippen molar-refractivity contribution in [3.63, 3.8) is 0 Å². The lowest BCUT2D eigenvalue weighted by Gasteiger charge is -1.97. The van der Waals surface area contributed by atoms with Crippen LogP contribution in [0.4, 0.5) is 0 Å². The molecule has 1 aromatic heterocycles. The maximum Gasteiger partial charge on any atom is 0.196 e. The third kappa shape index (κ3) is 2.15. The van der Waals surface area contributed by atoms with Crippen molar-refractivity contribution in [3.8, 4) is 0 Å². The lowest BCUT2D eigenvalue weighted by molar-refractivity contribution is 0.0955. The molecule has 0 unspecified atom stereocenters. The number of hydrogen-bond acceptors (Lipinski definition) is 2. The normalized spacial score (nSPS) is 20.6. The Kier molecular flexibility index (Phi) is 2.84. The van der Waals surface area contributed by atoms with Crippen LogP contribution in [0, 0.1) is 0 Å². The van der Waals surface area contributed by atoms with E-state index in [9.17, 15) is 4.79 Å². The molecule has 1 aliphatic rings. The Morgan fingerprint density at radius 1 is 1.10 bits per heavy atom. The first-order valence-electron chi connectivity index (χ1n) is 6.75. The summed E-state index contributed by atoms with van der Waals surface area (Å²) >= 11 is 5.87. The van der Waals surface area contributed by atoms with Crippen LogP contribution in [0.2, 0.25) is 5.02 Å². The number of aromatic nitrogens is 1. The van der Waals surface area contributed by atoms with E-state index in [4.69, 9.17) is 16.3 Å². The summed E-state index contributed by atoms with van der Waals surface area (Å²) in [6, 6.07) is 15.2. The van der Waals surface area contributed by atoms with Crippen LogP contribution in [-0.2, 0) is 4.74 Å². The van der Waals surface area contributed by atoms with Gasteiger partial charge in [0.2, 0.25) is 0 Å². The smallest absolute Gasteiger partial charge is 0.196 e. The van der Waals surface area contributed by atoms with Crippen molar-refractivity contribution in [3.05, 3.63) is 70.9 Å². The highest BCUT2D eigenvalue weighted by molar-refractivity contribution is 6.30. The van der Waals surface area contributed by atoms with Gasteiger partial charge in [-0.3, -0.25) is 4.79 Å². The molecule has 104 valence electrons. The molecule has 0 radical (unpaired) electrons. The highest BCUT2D eigenvalue weighted by Gasteiger charge is 2.46. The van der Waals surface area contributed by atoms with Gasteiger partial charge >= 0.3 is 0 Å². The molecule has 0 amide bonds. The van der Waals surface area contributed by atoms with Crippen molar-refractivity contribution in [1.29, 1.82) is 0 Å². The SMILES string of the molecule is O=C(c1c[nH]c2ccccc12)[C@@H]1O[C@@H]1c1ccc(Cl)cc1. The predicted octanol–water partition coefficient (Wildman–Crippen LogP) is 4.14. The fraction of sp³-hybridized carbons (Fsp3) is 0.118. The molecule has 4 heteroatoms. The third-order valence-electron chi connectivity index (χ3n) is 3.80. The first kappa shape index (κ1) is 12.6. The number of halogens is 1. The number of Topliss-reactive ketones (excluding diaryl/α,β-unsaturated/α-hetero) is 1. The predicted molar refractivity (Wildman–Crippen MR) is 81.7 cm³/mol. The molecule has 2 aromatic carbocycles. The number of benzene rings is 2. The van der Waals surface area contributed by atoms with Crippen LogP contribution in [0.3, 0.4) is 0 Å². The number of ketones is 1. The first-order valence-corrected chi connectivity index (χ1v) is 7.13. The molecule has 1 saturated heterocycles. The number of hydrogen-bond donors (Lipinski definition) is 1. The van der Waals surface area contributed by atoms with Crippen molar-refractivity contribution in [2.75, 3.05) is 0 Å². The summed E-state index contributed by atoms with van der Waals surface area (Å²) in [7, 11) is 0. The van der Waals surface area contributed by atoms with Gasteiger partial charge in [-0.2, -0.15) is 0 Å². The number of aromatic amines is 1. The quantitative estimate of drug-likeness (QED) is 0.583. The van der Waals surface area contributed by atoms with E-state index >= 15 is 0 Å². The van der Waals surface area contributed by atoms with Crippen LogP contribution in [-0.4, -0.2) is 16.9 Å². The molecule has 0 spiro atoms. The molecule has 3 aromatic rings. The number of fused-ring (bicyclic) bond motifs is 1. The number of nitrogens with one attached hydrogen (secondary N) is 1. The highest BCUT2D eigenvalue weighted by atomic mass is 35.5. The molecule has 1 aliphatic heterocycles. The van der Waals surface area contributed by atoms with E-state index in [0.29, 0.717) is 10.6 Å². The molecule has 2 atom stereocenters. The van der Waals surface area contributed by atoms with Crippen molar-refractivity contribution in [2.45, 2.75) is 12.2 Å². The summed E-state index contributed by atoms with van der Waals surface area (Å²) in [5.41, 5.74) is 2.63. The minimum atomic E-state index is -0.398. The summed E-state index contributed by atoms with van der Waals surface area (Å²) in [6.07, 6.45) is 1.20. The van der Waals surface area contributed by atoms with Crippen molar-refractivity contribution in [1.82, 2.24) is 4.98 Å². The molecule has 3 nitrogen and oxygen atoms in total. The molecule has 0 aliphatic carbocycles. The van der Waals surface area contributed by atoms with E-state index in [0.717, 1.165) is 16.5 Å². The minimum absolute atomic E-state index is 0.0207. The van der Waals surface area contributed by atoms with Gasteiger partial charge in [0.15, 0.2) is 11.9 Å². The Morgan fingerprint density at radius 3 is 2.67 bits per heavy atom. The highest BCUT2D eigenvalue weighted by Crippen LogP contribution is 2.41. The molecule has 1 fully saturated rings. The van der Waals surface area contributed by atoms with Crippen LogP contribution < -0.4 is 0 Å². The van der Waals surface area contributed by atoms with Gasteiger partial charge in [-0.05, 0) is 23.8 Å². The summed E-state index contributed by atoms with van der Waals surface area (Å²) in [4.78, 5) is 15.7. The molecule has 21 heavy (non-hydrogen) atoms. The van der Waals surface area contributed by atoms with Crippen molar-refractivity contribution >= 4 is 28.3 Å². The molecule has 0 bridgehead atoms. The minimum Gasteiger partial charge on any atom is -0.360 e. The van der Waals surface area contributed by atoms with Gasteiger partial charge in [-0.1, -0.05) is 41.9 Å². The Morgan fingerprint density at radius 2 is 1.86 bits per heavy atom. The molecular weight excluding hydrogens is 286 g/mol. The van der Waals surface area contributed by atoms with Crippen LogP contribution in [0.25, 0.3) is 10.9 Å². The second kappa shape index (κ2) is 4.72. The van der Waals surface area contributed by atoms with Crippen molar-refractivity contribution < 1.29 is 9.53 Å². The molecular formula is C17H12ClNO2. The van der Waals surface area contributed by atoms with Crippen LogP contribution in [0.1, 0.15) is 22.0 Å². The second-order valence-corrected chi connectivity index (χ2v) is 5.58. The van der Waals surface area contributed by atoms with E-state index < -0.39 is 6.10 Å². The topological polar surface area (TPSA) is 45.4 Å². The number of carbonyl (C=O) groups is 1. The zero-order valence-corrected chi connectivity index (χ0v) is 11.8. The molecule has 0 saturated carbocycles. The van der Waals surface area contributed by atoms with E-state index in [1.807, 2.05) is 48.5 Å². The second-order valence-electron chi connectivity index (χ2n) is 5.14. The largest absolute Gasteiger partial charge is 0.360 e. The Bertz CT molecular complexity index is 822. The molecule has 2 heterocycles. The van der Waals surface area contributed by atoms with Gasteiger partial charge in [0.05, 0.1) is 0 Å². The summed E-state index contributed by atoms with van der Waals surface area (Å²) in [5, 5.41) is 1.62. The van der Waals surface area contributed by atoms with Crippen LogP contribution in [0.5, 0.6) is 0 Å². The lowest BCUT2D eigenvalue weighted by atomic mass is 10.0. The fourth-order valence-electron chi connectivity index (χ4n) is 2.65. The molecule has 4 rings (SSSR count). The van der Waals surface area contributed by atoms with E-state index in [1.165, 1.54) is 0 Å². The van der Waals surface area contributed by atoms with E-state index in [1.54, 1.807) is 6.20 Å². The zero-order valence-electron chi connectivity index (χ0n) is 11.0. The Labute approximate surface area is 126 Å². The Hall–Kier alpha value is -2.10. The van der Waals surface area contributed by atoms with Crippen LogP contribution in [0.15, 0.2) is 54.7 Å². The number of carbonyl (C=O) groups excluding carboxylic acids is 1. The van der Waals surface area contributed by atoms with Gasteiger partial charge in [0.1, 0.15) is 6.10 Å². The van der Waals surface area contributed by atoms with E-state index in [2.05, 4.69) is 4.98 Å².